The van der Waals surface area contributed by atoms with Crippen molar-refractivity contribution in [2.24, 2.45) is 0 Å². The lowest BCUT2D eigenvalue weighted by atomic mass is 10.1. The Morgan fingerprint density at radius 2 is 1.86 bits per heavy atom. The average molecular weight is 449 g/mol. The third kappa shape index (κ3) is 5.99. The van der Waals surface area contributed by atoms with Crippen molar-refractivity contribution < 1.29 is 28.5 Å². The molecule has 0 radical (unpaired) electrons. The Morgan fingerprint density at radius 3 is 2.68 bits per heavy atom. The van der Waals surface area contributed by atoms with Crippen molar-refractivity contribution in [1.29, 1.82) is 0 Å². The number of fused-ring (bicyclic) bond motifs is 1. The van der Waals surface area contributed by atoms with Crippen molar-refractivity contribution in [3.8, 4) is 17.2 Å². The molecule has 0 saturated carbocycles. The van der Waals surface area contributed by atoms with Gasteiger partial charge in [0.1, 0.15) is 5.75 Å². The van der Waals surface area contributed by atoms with Gasteiger partial charge in [0.2, 0.25) is 0 Å². The molecule has 0 aromatic heterocycles. The monoisotopic (exact) mass is 448 g/mol. The Balaban J connectivity index is 1.39. The molecule has 6 nitrogen and oxygen atoms in total. The Morgan fingerprint density at radius 1 is 1.04 bits per heavy atom. The number of benzene rings is 2. The van der Waals surface area contributed by atoms with Gasteiger partial charge in [-0.1, -0.05) is 22.0 Å². The first-order chi connectivity index (χ1) is 13.6. The minimum Gasteiger partial charge on any atom is -0.494 e. The van der Waals surface area contributed by atoms with E-state index in [-0.39, 0.29) is 18.8 Å². The summed E-state index contributed by atoms with van der Waals surface area (Å²) in [7, 11) is 0. The number of rotatable bonds is 8. The van der Waals surface area contributed by atoms with Gasteiger partial charge in [0.15, 0.2) is 23.9 Å². The molecular weight excluding hydrogens is 428 g/mol. The molecule has 1 heterocycles. The van der Waals surface area contributed by atoms with E-state index in [4.69, 9.17) is 18.9 Å². The first-order valence-electron chi connectivity index (χ1n) is 9.08. The predicted molar refractivity (Wildman–Crippen MR) is 106 cm³/mol. The maximum absolute atomic E-state index is 12.3. The molecule has 0 aliphatic carbocycles. The van der Waals surface area contributed by atoms with Gasteiger partial charge in [-0.2, -0.15) is 0 Å². The van der Waals surface area contributed by atoms with Crippen LogP contribution in [0.25, 0.3) is 0 Å². The Hall–Kier alpha value is -2.54. The first kappa shape index (κ1) is 20.2. The minimum atomic E-state index is -0.430. The number of hydrogen-bond donors (Lipinski definition) is 0. The molecule has 0 unspecified atom stereocenters. The van der Waals surface area contributed by atoms with Crippen molar-refractivity contribution in [2.75, 3.05) is 26.4 Å². The molecular formula is C21H21BrO6. The number of carbonyl (C=O) groups is 2. The summed E-state index contributed by atoms with van der Waals surface area (Å²) in [5.41, 5.74) is 0.426. The quantitative estimate of drug-likeness (QED) is 0.342. The zero-order valence-corrected chi connectivity index (χ0v) is 16.9. The van der Waals surface area contributed by atoms with Gasteiger partial charge >= 0.3 is 5.97 Å². The van der Waals surface area contributed by atoms with Gasteiger partial charge in [-0.05, 0) is 42.8 Å². The molecule has 7 heteroatoms. The van der Waals surface area contributed by atoms with Crippen LogP contribution in [0.15, 0.2) is 46.9 Å². The zero-order valence-electron chi connectivity index (χ0n) is 15.3. The normalized spacial score (nSPS) is 12.8. The van der Waals surface area contributed by atoms with Gasteiger partial charge in [0, 0.05) is 22.9 Å². The molecule has 0 spiro atoms. The van der Waals surface area contributed by atoms with E-state index in [0.29, 0.717) is 43.3 Å². The second kappa shape index (κ2) is 10.1. The second-order valence-corrected chi connectivity index (χ2v) is 7.12. The second-order valence-electron chi connectivity index (χ2n) is 6.21. The van der Waals surface area contributed by atoms with Crippen LogP contribution in [0.1, 0.15) is 29.6 Å². The average Bonchev–Trinajstić information content (AvgIpc) is 2.94. The van der Waals surface area contributed by atoms with Crippen molar-refractivity contribution >= 4 is 27.7 Å². The number of ether oxygens (including phenoxy) is 4. The molecule has 148 valence electrons. The summed E-state index contributed by atoms with van der Waals surface area (Å²) in [6.45, 7) is 1.22. The highest BCUT2D eigenvalue weighted by molar-refractivity contribution is 9.10. The minimum absolute atomic E-state index is 0.183. The molecule has 0 saturated heterocycles. The molecule has 0 atom stereocenters. The van der Waals surface area contributed by atoms with E-state index in [1.54, 1.807) is 18.2 Å². The molecule has 28 heavy (non-hydrogen) atoms. The lowest BCUT2D eigenvalue weighted by molar-refractivity contribution is -0.142. The fraction of sp³-hybridized carbons (Fsp3) is 0.333. The van der Waals surface area contributed by atoms with Gasteiger partial charge < -0.3 is 18.9 Å². The number of ketones is 1. The molecule has 0 amide bonds. The maximum atomic E-state index is 12.3. The van der Waals surface area contributed by atoms with Gasteiger partial charge in [-0.25, -0.2) is 0 Å². The van der Waals surface area contributed by atoms with E-state index in [1.807, 2.05) is 24.3 Å². The van der Waals surface area contributed by atoms with Crippen LogP contribution in [0.2, 0.25) is 0 Å². The SMILES string of the molecule is O=C(CCCOc1cccc(Br)c1)OCC(=O)c1ccc2c(c1)OCCCO2. The van der Waals surface area contributed by atoms with E-state index in [9.17, 15) is 9.59 Å². The first-order valence-corrected chi connectivity index (χ1v) is 9.88. The molecule has 0 N–H and O–H groups in total. The Labute approximate surface area is 171 Å². The third-order valence-corrected chi connectivity index (χ3v) is 4.52. The topological polar surface area (TPSA) is 71.1 Å². The molecule has 2 aromatic carbocycles. The summed E-state index contributed by atoms with van der Waals surface area (Å²) in [4.78, 5) is 24.1. The van der Waals surface area contributed by atoms with Crippen molar-refractivity contribution in [2.45, 2.75) is 19.3 Å². The van der Waals surface area contributed by atoms with Crippen LogP contribution in [-0.4, -0.2) is 38.2 Å². The fourth-order valence-corrected chi connectivity index (χ4v) is 2.98. The predicted octanol–water partition coefficient (Wildman–Crippen LogP) is 4.20. The van der Waals surface area contributed by atoms with Gasteiger partial charge in [-0.15, -0.1) is 0 Å². The van der Waals surface area contributed by atoms with Crippen molar-refractivity contribution in [1.82, 2.24) is 0 Å². The third-order valence-electron chi connectivity index (χ3n) is 4.02. The summed E-state index contributed by atoms with van der Waals surface area (Å²) in [5.74, 6) is 1.18. The van der Waals surface area contributed by atoms with E-state index >= 15 is 0 Å². The fourth-order valence-electron chi connectivity index (χ4n) is 2.60. The Bertz CT molecular complexity index is 835. The van der Waals surface area contributed by atoms with Crippen molar-refractivity contribution in [3.63, 3.8) is 0 Å². The van der Waals surface area contributed by atoms with Crippen molar-refractivity contribution in [3.05, 3.63) is 52.5 Å². The summed E-state index contributed by atoms with van der Waals surface area (Å²) >= 11 is 3.37. The van der Waals surface area contributed by atoms with E-state index in [2.05, 4.69) is 15.9 Å². The summed E-state index contributed by atoms with van der Waals surface area (Å²) in [6.07, 6.45) is 1.48. The summed E-state index contributed by atoms with van der Waals surface area (Å²) in [6, 6.07) is 12.5. The zero-order chi connectivity index (χ0) is 19.8. The number of esters is 1. The highest BCUT2D eigenvalue weighted by Crippen LogP contribution is 2.30. The van der Waals surface area contributed by atoms with E-state index in [1.165, 1.54) is 0 Å². The van der Waals surface area contributed by atoms with Crippen LogP contribution in [-0.2, 0) is 9.53 Å². The van der Waals surface area contributed by atoms with E-state index < -0.39 is 5.97 Å². The molecule has 0 fully saturated rings. The summed E-state index contributed by atoms with van der Waals surface area (Å²) < 4.78 is 22.7. The smallest absolute Gasteiger partial charge is 0.306 e. The van der Waals surface area contributed by atoms with E-state index in [0.717, 1.165) is 16.6 Å². The molecule has 1 aliphatic rings. The largest absolute Gasteiger partial charge is 0.494 e. The lowest BCUT2D eigenvalue weighted by Gasteiger charge is -2.09. The Kier molecular flexibility index (Phi) is 7.31. The van der Waals surface area contributed by atoms with Crippen LogP contribution in [0.4, 0.5) is 0 Å². The standard InChI is InChI=1S/C21H21BrO6/c22-16-4-1-5-17(13-16)25-9-2-6-21(24)28-14-18(23)15-7-8-19-20(12-15)27-11-3-10-26-19/h1,4-5,7-8,12-13H,2-3,6,9-11,14H2. The van der Waals surface area contributed by atoms with Crippen LogP contribution in [0.3, 0.4) is 0 Å². The lowest BCUT2D eigenvalue weighted by Crippen LogP contribution is -2.15. The highest BCUT2D eigenvalue weighted by atomic mass is 79.9. The number of Topliss-reactive ketones (excluding diaryl/α,β-unsaturated/α-hetero) is 1. The highest BCUT2D eigenvalue weighted by Gasteiger charge is 2.15. The summed E-state index contributed by atoms with van der Waals surface area (Å²) in [5, 5.41) is 0. The number of carbonyl (C=O) groups excluding carboxylic acids is 2. The van der Waals surface area contributed by atoms with Crippen LogP contribution in [0, 0.1) is 0 Å². The molecule has 0 bridgehead atoms. The van der Waals surface area contributed by atoms with Crippen LogP contribution in [0.5, 0.6) is 17.2 Å². The van der Waals surface area contributed by atoms with Crippen LogP contribution >= 0.6 is 15.9 Å². The molecule has 1 aliphatic heterocycles. The molecule has 2 aromatic rings. The van der Waals surface area contributed by atoms with Gasteiger partial charge in [0.25, 0.3) is 0 Å². The van der Waals surface area contributed by atoms with Crippen LogP contribution < -0.4 is 14.2 Å². The number of halogens is 1. The number of hydrogen-bond acceptors (Lipinski definition) is 6. The molecule has 3 rings (SSSR count). The van der Waals surface area contributed by atoms with Gasteiger partial charge in [-0.3, -0.25) is 9.59 Å². The van der Waals surface area contributed by atoms with Gasteiger partial charge in [0.05, 0.1) is 19.8 Å². The maximum Gasteiger partial charge on any atom is 0.306 e.